The van der Waals surface area contributed by atoms with E-state index in [1.807, 2.05) is 26.0 Å². The molecular weight excluding hydrogens is 404 g/mol. The molecule has 2 amide bonds. The van der Waals surface area contributed by atoms with Gasteiger partial charge in [-0.25, -0.2) is 4.79 Å². The molecule has 1 aliphatic rings. The molecule has 0 aromatic heterocycles. The summed E-state index contributed by atoms with van der Waals surface area (Å²) in [7, 11) is 0. The Labute approximate surface area is 179 Å². The number of aliphatic carboxylic acids is 1. The fraction of sp³-hybridized carbons (Fsp3) is 0.182. The lowest BCUT2D eigenvalue weighted by Gasteiger charge is -2.30. The maximum Gasteiger partial charge on any atom is 0.344 e. The van der Waals surface area contributed by atoms with Gasteiger partial charge in [0.15, 0.2) is 11.2 Å². The van der Waals surface area contributed by atoms with Gasteiger partial charge in [0.25, 0.3) is 11.8 Å². The topological polar surface area (TPSA) is 95.9 Å². The van der Waals surface area contributed by atoms with Crippen molar-refractivity contribution in [3.63, 3.8) is 0 Å². The third-order valence-electron chi connectivity index (χ3n) is 4.57. The summed E-state index contributed by atoms with van der Waals surface area (Å²) < 4.78 is 5.46. The minimum Gasteiger partial charge on any atom is -0.479 e. The molecule has 1 atom stereocenters. The largest absolute Gasteiger partial charge is 0.479 e. The summed E-state index contributed by atoms with van der Waals surface area (Å²) in [5.41, 5.74) is 2.70. The van der Waals surface area contributed by atoms with Gasteiger partial charge in [0, 0.05) is 5.56 Å². The fourth-order valence-electron chi connectivity index (χ4n) is 3.04. The molecule has 0 radical (unpaired) electrons. The van der Waals surface area contributed by atoms with Crippen molar-refractivity contribution in [1.29, 1.82) is 0 Å². The molecule has 2 N–H and O–H groups in total. The van der Waals surface area contributed by atoms with Crippen LogP contribution in [0.15, 0.2) is 48.0 Å². The number of benzene rings is 2. The van der Waals surface area contributed by atoms with Gasteiger partial charge in [-0.15, -0.1) is 0 Å². The first kappa shape index (κ1) is 21.2. The number of nitrogens with zero attached hydrogens (tertiary/aromatic N) is 1. The van der Waals surface area contributed by atoms with Gasteiger partial charge in [0.05, 0.1) is 5.69 Å². The molecule has 0 spiro atoms. The number of hydrogen-bond acceptors (Lipinski definition) is 5. The lowest BCUT2D eigenvalue weighted by Crippen LogP contribution is -2.54. The van der Waals surface area contributed by atoms with E-state index in [0.717, 1.165) is 11.1 Å². The summed E-state index contributed by atoms with van der Waals surface area (Å²) >= 11 is 5.24. The number of amides is 2. The second-order valence-electron chi connectivity index (χ2n) is 6.88. The number of carbonyl (C=O) groups excluding carboxylic acids is 2. The number of carboxylic acids is 1. The highest BCUT2D eigenvalue weighted by atomic mass is 32.1. The predicted octanol–water partition coefficient (Wildman–Crippen LogP) is 2.99. The summed E-state index contributed by atoms with van der Waals surface area (Å²) in [6.45, 7) is 5.19. The predicted molar refractivity (Wildman–Crippen MR) is 116 cm³/mol. The van der Waals surface area contributed by atoms with E-state index in [1.165, 1.54) is 17.9 Å². The van der Waals surface area contributed by atoms with Crippen LogP contribution >= 0.6 is 12.2 Å². The van der Waals surface area contributed by atoms with Crippen molar-refractivity contribution in [2.24, 2.45) is 0 Å². The number of ether oxygens (including phenoxy) is 1. The number of carbonyl (C=O) groups is 3. The minimum atomic E-state index is -1.13. The molecular formula is C22H20N2O5S. The zero-order valence-electron chi connectivity index (χ0n) is 16.6. The van der Waals surface area contributed by atoms with E-state index >= 15 is 0 Å². The average molecular weight is 424 g/mol. The summed E-state index contributed by atoms with van der Waals surface area (Å²) in [6, 6.07) is 12.1. The highest BCUT2D eigenvalue weighted by molar-refractivity contribution is 7.80. The Morgan fingerprint density at radius 2 is 1.90 bits per heavy atom. The number of carboxylic acid groups (broad SMARTS) is 1. The molecule has 1 saturated heterocycles. The highest BCUT2D eigenvalue weighted by Crippen LogP contribution is 2.28. The highest BCUT2D eigenvalue weighted by Gasteiger charge is 2.35. The quantitative estimate of drug-likeness (QED) is 0.435. The van der Waals surface area contributed by atoms with Crippen molar-refractivity contribution >= 4 is 46.9 Å². The number of anilines is 1. The Hall–Kier alpha value is -3.52. The van der Waals surface area contributed by atoms with E-state index in [0.29, 0.717) is 11.3 Å². The monoisotopic (exact) mass is 424 g/mol. The van der Waals surface area contributed by atoms with Gasteiger partial charge in [-0.1, -0.05) is 35.9 Å². The van der Waals surface area contributed by atoms with Crippen LogP contribution < -0.4 is 15.0 Å². The maximum atomic E-state index is 13.2. The van der Waals surface area contributed by atoms with E-state index < -0.39 is 23.9 Å². The van der Waals surface area contributed by atoms with Crippen molar-refractivity contribution in [2.75, 3.05) is 4.90 Å². The maximum absolute atomic E-state index is 13.2. The first-order chi connectivity index (χ1) is 14.2. The molecule has 0 unspecified atom stereocenters. The van der Waals surface area contributed by atoms with Crippen LogP contribution in [0.3, 0.4) is 0 Å². The van der Waals surface area contributed by atoms with Crippen molar-refractivity contribution in [1.82, 2.24) is 5.32 Å². The fourth-order valence-corrected chi connectivity index (χ4v) is 3.31. The number of nitrogens with one attached hydrogen (secondary N) is 1. The second-order valence-corrected chi connectivity index (χ2v) is 7.27. The average Bonchev–Trinajstić information content (AvgIpc) is 2.67. The number of thiocarbonyl (C=S) groups is 1. The molecule has 1 aliphatic heterocycles. The summed E-state index contributed by atoms with van der Waals surface area (Å²) in [5, 5.41) is 11.6. The van der Waals surface area contributed by atoms with Crippen LogP contribution in [0.25, 0.3) is 6.08 Å². The third-order valence-corrected chi connectivity index (χ3v) is 4.85. The SMILES string of the molecule is Cc1ccc(N2C(=O)/C(=C/c3ccccc3O[C@H](C)C(=O)O)C(=O)NC2=S)c(C)c1. The van der Waals surface area contributed by atoms with Crippen molar-refractivity contribution in [3.05, 3.63) is 64.7 Å². The van der Waals surface area contributed by atoms with Gasteiger partial charge >= 0.3 is 5.97 Å². The van der Waals surface area contributed by atoms with Crippen LogP contribution in [0, 0.1) is 13.8 Å². The normalized spacial score (nSPS) is 16.4. The molecule has 1 heterocycles. The van der Waals surface area contributed by atoms with Crippen LogP contribution in [0.1, 0.15) is 23.6 Å². The smallest absolute Gasteiger partial charge is 0.344 e. The standard InChI is InChI=1S/C22H20N2O5S/c1-12-8-9-17(13(2)10-12)24-20(26)16(19(25)23-22(24)30)11-15-6-4-5-7-18(15)29-14(3)21(27)28/h4-11,14H,1-3H3,(H,27,28)(H,23,25,30)/b16-11+/t14-/m1/s1. The lowest BCUT2D eigenvalue weighted by atomic mass is 10.0. The van der Waals surface area contributed by atoms with Gasteiger partial charge < -0.3 is 9.84 Å². The van der Waals surface area contributed by atoms with Crippen LogP contribution in [0.5, 0.6) is 5.75 Å². The van der Waals surface area contributed by atoms with Crippen LogP contribution in [0.4, 0.5) is 5.69 Å². The number of hydrogen-bond donors (Lipinski definition) is 2. The molecule has 8 heteroatoms. The molecule has 1 fully saturated rings. The summed E-state index contributed by atoms with van der Waals surface area (Å²) in [5.74, 6) is -2.09. The third kappa shape index (κ3) is 4.23. The Bertz CT molecular complexity index is 1090. The Kier molecular flexibility index (Phi) is 5.98. The number of aryl methyl sites for hydroxylation is 2. The molecule has 3 rings (SSSR count). The Balaban J connectivity index is 2.03. The lowest BCUT2D eigenvalue weighted by molar-refractivity contribution is -0.144. The van der Waals surface area contributed by atoms with Gasteiger partial charge in [0.1, 0.15) is 11.3 Å². The molecule has 0 bridgehead atoms. The first-order valence-corrected chi connectivity index (χ1v) is 9.57. The minimum absolute atomic E-state index is 0.00172. The van der Waals surface area contributed by atoms with E-state index in [9.17, 15) is 14.4 Å². The van der Waals surface area contributed by atoms with Gasteiger partial charge in [0.2, 0.25) is 0 Å². The van der Waals surface area contributed by atoms with Crippen LogP contribution in [-0.4, -0.2) is 34.1 Å². The summed E-state index contributed by atoms with van der Waals surface area (Å²) in [4.78, 5) is 38.1. The van der Waals surface area contributed by atoms with Crippen molar-refractivity contribution < 1.29 is 24.2 Å². The van der Waals surface area contributed by atoms with Gasteiger partial charge in [-0.05, 0) is 56.8 Å². The van der Waals surface area contributed by atoms with E-state index in [-0.39, 0.29) is 16.4 Å². The van der Waals surface area contributed by atoms with Crippen molar-refractivity contribution in [3.8, 4) is 5.75 Å². The number of para-hydroxylation sites is 1. The Morgan fingerprint density at radius 3 is 2.57 bits per heavy atom. The molecule has 0 aliphatic carbocycles. The molecule has 30 heavy (non-hydrogen) atoms. The molecule has 7 nitrogen and oxygen atoms in total. The van der Waals surface area contributed by atoms with Gasteiger partial charge in [-0.2, -0.15) is 0 Å². The summed E-state index contributed by atoms with van der Waals surface area (Å²) in [6.07, 6.45) is 0.277. The van der Waals surface area contributed by atoms with Crippen LogP contribution in [-0.2, 0) is 14.4 Å². The first-order valence-electron chi connectivity index (χ1n) is 9.16. The molecule has 0 saturated carbocycles. The zero-order chi connectivity index (χ0) is 22.0. The van der Waals surface area contributed by atoms with E-state index in [1.54, 1.807) is 30.3 Å². The molecule has 154 valence electrons. The van der Waals surface area contributed by atoms with E-state index in [2.05, 4.69) is 5.32 Å². The number of rotatable bonds is 5. The second kappa shape index (κ2) is 8.46. The zero-order valence-corrected chi connectivity index (χ0v) is 17.4. The molecule has 2 aromatic rings. The van der Waals surface area contributed by atoms with Crippen molar-refractivity contribution in [2.45, 2.75) is 26.9 Å². The Morgan fingerprint density at radius 1 is 1.20 bits per heavy atom. The van der Waals surface area contributed by atoms with E-state index in [4.69, 9.17) is 22.1 Å². The molecule has 2 aromatic carbocycles. The van der Waals surface area contributed by atoms with Crippen LogP contribution in [0.2, 0.25) is 0 Å². The van der Waals surface area contributed by atoms with Gasteiger partial charge in [-0.3, -0.25) is 19.8 Å².